The van der Waals surface area contributed by atoms with Gasteiger partial charge in [0.05, 0.1) is 12.8 Å². The van der Waals surface area contributed by atoms with Crippen LogP contribution in [0.1, 0.15) is 11.8 Å². The minimum absolute atomic E-state index is 0. The first-order valence-electron chi connectivity index (χ1n) is 7.33. The molecular weight excluding hydrogens is 371 g/mol. The van der Waals surface area contributed by atoms with Gasteiger partial charge in [-0.1, -0.05) is 13.2 Å². The Bertz CT molecular complexity index is 736. The van der Waals surface area contributed by atoms with E-state index in [2.05, 4.69) is 5.32 Å². The summed E-state index contributed by atoms with van der Waals surface area (Å²) in [6, 6.07) is 1.90. The first-order chi connectivity index (χ1) is 11.5. The van der Waals surface area contributed by atoms with E-state index in [0.717, 1.165) is 5.56 Å². The fourth-order valence-corrected chi connectivity index (χ4v) is 3.60. The standard InChI is InChI=1S/C15H19N4O4S.K/c1-18-14-10(13(16)17)8(7-2-3-24-6-7)4-19(14)15-12(22)11(21)9(5-20)23-15;/h2-4,6,9,11-12,15,20-22H,5H2,1H3,(H3,16,17);/q-1;+1. The third-order valence-electron chi connectivity index (χ3n) is 4.11. The van der Waals surface area contributed by atoms with E-state index >= 15 is 0 Å². The number of hydrogen-bond donors (Lipinski definition) is 5. The maximum absolute atomic E-state index is 10.3. The van der Waals surface area contributed by atoms with Gasteiger partial charge in [0.2, 0.25) is 0 Å². The van der Waals surface area contributed by atoms with Crippen LogP contribution in [0.4, 0.5) is 5.82 Å². The fraction of sp³-hybridized carbons (Fsp3) is 0.400. The summed E-state index contributed by atoms with van der Waals surface area (Å²) in [6.45, 7) is -0.411. The van der Waals surface area contributed by atoms with Gasteiger partial charge in [0.15, 0.2) is 0 Å². The molecule has 2 aromatic rings. The summed E-state index contributed by atoms with van der Waals surface area (Å²) >= 11 is 1.51. The van der Waals surface area contributed by atoms with Crippen LogP contribution in [-0.2, 0) is 4.74 Å². The van der Waals surface area contributed by atoms with Crippen LogP contribution in [0.2, 0.25) is 0 Å². The smallest absolute Gasteiger partial charge is 0.468 e. The second kappa shape index (κ2) is 8.61. The van der Waals surface area contributed by atoms with Gasteiger partial charge in [0.25, 0.3) is 0 Å². The third kappa shape index (κ3) is 3.74. The third-order valence-corrected chi connectivity index (χ3v) is 4.79. The second-order valence-corrected chi connectivity index (χ2v) is 6.31. The van der Waals surface area contributed by atoms with E-state index in [-0.39, 0.29) is 57.2 Å². The topological polar surface area (TPSA) is 139 Å². The van der Waals surface area contributed by atoms with Crippen molar-refractivity contribution in [1.82, 2.24) is 4.57 Å². The summed E-state index contributed by atoms with van der Waals surface area (Å²) in [5.41, 5.74) is 7.76. The molecule has 1 aliphatic heterocycles. The van der Waals surface area contributed by atoms with E-state index in [1.807, 2.05) is 16.8 Å². The maximum atomic E-state index is 10.3. The van der Waals surface area contributed by atoms with Crippen molar-refractivity contribution in [3.8, 4) is 11.1 Å². The number of amidine groups is 1. The van der Waals surface area contributed by atoms with Gasteiger partial charge in [-0.15, -0.1) is 0 Å². The number of rotatable bonds is 5. The molecule has 6 N–H and O–H groups in total. The summed E-state index contributed by atoms with van der Waals surface area (Å²) in [5.74, 6) is 0.223. The molecule has 1 aliphatic rings. The number of nitrogen functional groups attached to an aromatic ring is 1. The van der Waals surface area contributed by atoms with Crippen LogP contribution in [0.25, 0.3) is 16.4 Å². The number of hydrogen-bond acceptors (Lipinski definition) is 6. The Morgan fingerprint density at radius 3 is 2.64 bits per heavy atom. The van der Waals surface area contributed by atoms with Crippen molar-refractivity contribution in [3.63, 3.8) is 0 Å². The van der Waals surface area contributed by atoms with E-state index in [0.29, 0.717) is 16.9 Å². The number of nitrogens with two attached hydrogens (primary N) is 1. The molecule has 4 unspecified atom stereocenters. The number of nitrogens with zero attached hydrogens (tertiary/aromatic N) is 2. The van der Waals surface area contributed by atoms with Crippen molar-refractivity contribution in [1.29, 1.82) is 5.41 Å². The van der Waals surface area contributed by atoms with E-state index in [4.69, 9.17) is 15.9 Å². The Labute approximate surface area is 191 Å². The molecule has 1 saturated heterocycles. The fourth-order valence-electron chi connectivity index (χ4n) is 2.95. The molecule has 0 spiro atoms. The van der Waals surface area contributed by atoms with Crippen LogP contribution in [0.3, 0.4) is 0 Å². The molecule has 130 valence electrons. The second-order valence-electron chi connectivity index (χ2n) is 5.53. The van der Waals surface area contributed by atoms with Crippen molar-refractivity contribution in [3.05, 3.63) is 33.9 Å². The molecule has 0 aromatic carbocycles. The van der Waals surface area contributed by atoms with Gasteiger partial charge in [-0.3, -0.25) is 5.41 Å². The van der Waals surface area contributed by atoms with E-state index in [1.54, 1.807) is 17.8 Å². The summed E-state index contributed by atoms with van der Waals surface area (Å²) < 4.78 is 7.12. The zero-order chi connectivity index (χ0) is 17.4. The Balaban J connectivity index is 0.00000225. The summed E-state index contributed by atoms with van der Waals surface area (Å²) in [4.78, 5) is 0. The Kier molecular flexibility index (Phi) is 7.24. The molecule has 0 aliphatic carbocycles. The molecule has 0 amide bonds. The van der Waals surface area contributed by atoms with Crippen molar-refractivity contribution < 1.29 is 71.4 Å². The summed E-state index contributed by atoms with van der Waals surface area (Å²) in [7, 11) is 1.55. The summed E-state index contributed by atoms with van der Waals surface area (Å²) in [6.07, 6.45) is -2.56. The normalized spacial score (nSPS) is 25.6. The van der Waals surface area contributed by atoms with Crippen LogP contribution in [0, 0.1) is 5.41 Å². The molecule has 0 bridgehead atoms. The molecule has 3 rings (SSSR count). The predicted molar refractivity (Wildman–Crippen MR) is 90.7 cm³/mol. The van der Waals surface area contributed by atoms with Crippen LogP contribution >= 0.6 is 11.3 Å². The number of aliphatic hydroxyl groups excluding tert-OH is 3. The maximum Gasteiger partial charge on any atom is 1.00 e. The van der Waals surface area contributed by atoms with Gasteiger partial charge in [0.1, 0.15) is 24.1 Å². The molecule has 2 aromatic heterocycles. The quantitative estimate of drug-likeness (QED) is 0.223. The molecular formula is C15H19KN4O4S. The zero-order valence-electron chi connectivity index (χ0n) is 14.0. The number of aliphatic hydroxyl groups is 3. The minimum Gasteiger partial charge on any atom is -0.468 e. The molecule has 0 saturated carbocycles. The number of ether oxygens (including phenoxy) is 1. The Hall–Kier alpha value is -0.274. The van der Waals surface area contributed by atoms with Gasteiger partial charge < -0.3 is 35.7 Å². The number of nitrogens with one attached hydrogen (secondary N) is 1. The van der Waals surface area contributed by atoms with Gasteiger partial charge in [-0.25, -0.2) is 0 Å². The molecule has 25 heavy (non-hydrogen) atoms. The molecule has 8 nitrogen and oxygen atoms in total. The van der Waals surface area contributed by atoms with E-state index < -0.39 is 31.1 Å². The first kappa shape index (κ1) is 21.0. The van der Waals surface area contributed by atoms with Crippen molar-refractivity contribution in [2.45, 2.75) is 24.5 Å². The van der Waals surface area contributed by atoms with Gasteiger partial charge in [-0.05, 0) is 33.8 Å². The largest absolute Gasteiger partial charge is 1.00 e. The van der Waals surface area contributed by atoms with Gasteiger partial charge >= 0.3 is 51.4 Å². The van der Waals surface area contributed by atoms with Crippen LogP contribution < -0.4 is 57.1 Å². The molecule has 1 fully saturated rings. The molecule has 4 atom stereocenters. The Morgan fingerprint density at radius 1 is 1.44 bits per heavy atom. The first-order valence-corrected chi connectivity index (χ1v) is 8.28. The SMILES string of the molecule is C[N-]c1c(C(=N)N)c(-c2ccsc2)cn1C1OC(CO)C(O)C1O.[K+]. The summed E-state index contributed by atoms with van der Waals surface area (Å²) in [5, 5.41) is 45.4. The molecule has 10 heteroatoms. The van der Waals surface area contributed by atoms with Crippen LogP contribution in [0.5, 0.6) is 0 Å². The van der Waals surface area contributed by atoms with Crippen molar-refractivity contribution in [2.24, 2.45) is 5.73 Å². The van der Waals surface area contributed by atoms with Crippen LogP contribution in [-0.4, -0.2) is 57.7 Å². The van der Waals surface area contributed by atoms with Crippen molar-refractivity contribution >= 4 is 23.0 Å². The number of aromatic nitrogens is 1. The molecule has 3 heterocycles. The van der Waals surface area contributed by atoms with E-state index in [9.17, 15) is 15.3 Å². The van der Waals surface area contributed by atoms with Crippen molar-refractivity contribution in [2.75, 3.05) is 13.7 Å². The minimum atomic E-state index is -1.23. The monoisotopic (exact) mass is 390 g/mol. The van der Waals surface area contributed by atoms with Gasteiger partial charge in [0, 0.05) is 5.56 Å². The van der Waals surface area contributed by atoms with Gasteiger partial charge in [-0.2, -0.15) is 11.3 Å². The molecule has 0 radical (unpaired) electrons. The van der Waals surface area contributed by atoms with E-state index in [1.165, 1.54) is 11.3 Å². The average molecular weight is 391 g/mol. The average Bonchev–Trinajstić information content (AvgIpc) is 3.26. The predicted octanol–water partition coefficient (Wildman–Crippen LogP) is -2.25. The Morgan fingerprint density at radius 2 is 2.16 bits per heavy atom. The van der Waals surface area contributed by atoms with Crippen LogP contribution in [0.15, 0.2) is 23.0 Å². The zero-order valence-corrected chi connectivity index (χ0v) is 17.9. The number of thiophene rings is 1.